The third kappa shape index (κ3) is 4.49. The summed E-state index contributed by atoms with van der Waals surface area (Å²) in [6.45, 7) is 5.61. The summed E-state index contributed by atoms with van der Waals surface area (Å²) >= 11 is 0. The maximum absolute atomic E-state index is 9.66. The van der Waals surface area contributed by atoms with Crippen LogP contribution < -0.4 is 5.32 Å². The van der Waals surface area contributed by atoms with E-state index < -0.39 is 0 Å². The molecule has 3 heteroatoms. The number of aliphatic hydroxyl groups is 2. The summed E-state index contributed by atoms with van der Waals surface area (Å²) in [5.74, 6) is 0. The van der Waals surface area contributed by atoms with Crippen molar-refractivity contribution in [2.24, 2.45) is 5.41 Å². The van der Waals surface area contributed by atoms with Crippen LogP contribution in [0.4, 0.5) is 0 Å². The highest BCUT2D eigenvalue weighted by Gasteiger charge is 2.26. The van der Waals surface area contributed by atoms with E-state index in [0.29, 0.717) is 6.04 Å². The molecule has 0 saturated heterocycles. The van der Waals surface area contributed by atoms with Crippen LogP contribution in [0.25, 0.3) is 0 Å². The van der Waals surface area contributed by atoms with Gasteiger partial charge in [-0.1, -0.05) is 13.8 Å². The predicted octanol–water partition coefficient (Wildman–Crippen LogP) is 1.29. The van der Waals surface area contributed by atoms with E-state index in [9.17, 15) is 5.11 Å². The van der Waals surface area contributed by atoms with E-state index in [1.54, 1.807) is 0 Å². The summed E-state index contributed by atoms with van der Waals surface area (Å²) in [7, 11) is 0. The monoisotopic (exact) mass is 215 g/mol. The number of hydrogen-bond donors (Lipinski definition) is 3. The van der Waals surface area contributed by atoms with Gasteiger partial charge in [0.1, 0.15) is 0 Å². The second kappa shape index (κ2) is 5.83. The van der Waals surface area contributed by atoms with Crippen LogP contribution in [0.5, 0.6) is 0 Å². The van der Waals surface area contributed by atoms with Gasteiger partial charge in [-0.05, 0) is 37.5 Å². The molecule has 1 fully saturated rings. The molecule has 0 aromatic heterocycles. The molecule has 1 saturated carbocycles. The number of aliphatic hydroxyl groups excluding tert-OH is 2. The lowest BCUT2D eigenvalue weighted by molar-refractivity contribution is 0.139. The first-order valence-electron chi connectivity index (χ1n) is 6.07. The molecule has 1 rings (SSSR count). The van der Waals surface area contributed by atoms with Gasteiger partial charge in [0.15, 0.2) is 0 Å². The summed E-state index contributed by atoms with van der Waals surface area (Å²) in [5, 5.41) is 21.9. The van der Waals surface area contributed by atoms with Gasteiger partial charge < -0.3 is 15.5 Å². The van der Waals surface area contributed by atoms with Crippen LogP contribution >= 0.6 is 0 Å². The van der Waals surface area contributed by atoms with Gasteiger partial charge in [0.05, 0.1) is 6.10 Å². The van der Waals surface area contributed by atoms with Gasteiger partial charge in [0.2, 0.25) is 0 Å². The van der Waals surface area contributed by atoms with E-state index >= 15 is 0 Å². The van der Waals surface area contributed by atoms with Crippen LogP contribution in [0.15, 0.2) is 0 Å². The molecule has 1 aliphatic rings. The Morgan fingerprint density at radius 3 is 2.60 bits per heavy atom. The van der Waals surface area contributed by atoms with E-state index in [2.05, 4.69) is 19.2 Å². The minimum absolute atomic E-state index is 0.154. The summed E-state index contributed by atoms with van der Waals surface area (Å²) in [6.07, 6.45) is 4.90. The first-order valence-corrected chi connectivity index (χ1v) is 6.07. The van der Waals surface area contributed by atoms with Gasteiger partial charge in [-0.25, -0.2) is 0 Å². The Labute approximate surface area is 92.9 Å². The average molecular weight is 215 g/mol. The normalized spacial score (nSPS) is 27.2. The molecule has 0 radical (unpaired) electrons. The van der Waals surface area contributed by atoms with Crippen molar-refractivity contribution in [3.05, 3.63) is 0 Å². The highest BCUT2D eigenvalue weighted by molar-refractivity contribution is 4.84. The quantitative estimate of drug-likeness (QED) is 0.626. The molecule has 0 heterocycles. The molecule has 0 aliphatic heterocycles. The Kier molecular flexibility index (Phi) is 5.03. The van der Waals surface area contributed by atoms with Gasteiger partial charge in [0.25, 0.3) is 0 Å². The summed E-state index contributed by atoms with van der Waals surface area (Å²) in [6, 6.07) is 0.290. The maximum Gasteiger partial charge on any atom is 0.0693 e. The molecule has 2 atom stereocenters. The third-order valence-corrected chi connectivity index (χ3v) is 3.33. The average Bonchev–Trinajstić information content (AvgIpc) is 2.58. The van der Waals surface area contributed by atoms with Crippen LogP contribution in [-0.2, 0) is 0 Å². The minimum Gasteiger partial charge on any atom is -0.396 e. The molecule has 0 aromatic carbocycles. The molecule has 3 nitrogen and oxygen atoms in total. The molecule has 1 aliphatic carbocycles. The standard InChI is InChI=1S/C12H25NO2/c1-12(2,7-4-8-14)9-13-10-5-3-6-11(10)15/h10-11,13-15H,3-9H2,1-2H3/t10-,11-/m0/s1. The van der Waals surface area contributed by atoms with Gasteiger partial charge in [0, 0.05) is 19.2 Å². The first-order chi connectivity index (χ1) is 7.05. The van der Waals surface area contributed by atoms with Crippen molar-refractivity contribution in [3.63, 3.8) is 0 Å². The number of rotatable bonds is 6. The van der Waals surface area contributed by atoms with Gasteiger partial charge in [-0.2, -0.15) is 0 Å². The Balaban J connectivity index is 2.22. The third-order valence-electron chi connectivity index (χ3n) is 3.33. The van der Waals surface area contributed by atoms with Crippen LogP contribution in [0, 0.1) is 5.41 Å². The van der Waals surface area contributed by atoms with E-state index in [4.69, 9.17) is 5.11 Å². The molecule has 0 bridgehead atoms. The second-order valence-electron chi connectivity index (χ2n) is 5.48. The van der Waals surface area contributed by atoms with Crippen LogP contribution in [-0.4, -0.2) is 35.5 Å². The number of nitrogens with one attached hydrogen (secondary N) is 1. The van der Waals surface area contributed by atoms with Crippen molar-refractivity contribution in [1.82, 2.24) is 5.32 Å². The molecule has 15 heavy (non-hydrogen) atoms. The van der Waals surface area contributed by atoms with E-state index in [0.717, 1.165) is 38.6 Å². The fraction of sp³-hybridized carbons (Fsp3) is 1.00. The Hall–Kier alpha value is -0.120. The SMILES string of the molecule is CC(C)(CCCO)CN[C@H]1CCC[C@@H]1O. The Morgan fingerprint density at radius 2 is 2.07 bits per heavy atom. The van der Waals surface area contributed by atoms with Gasteiger partial charge >= 0.3 is 0 Å². The molecule has 0 aromatic rings. The maximum atomic E-state index is 9.66. The fourth-order valence-electron chi connectivity index (χ4n) is 2.23. The van der Waals surface area contributed by atoms with E-state index in [-0.39, 0.29) is 18.1 Å². The Morgan fingerprint density at radius 1 is 1.33 bits per heavy atom. The zero-order valence-electron chi connectivity index (χ0n) is 10.00. The molecular formula is C12H25NO2. The highest BCUT2D eigenvalue weighted by Crippen LogP contribution is 2.24. The molecular weight excluding hydrogens is 190 g/mol. The van der Waals surface area contributed by atoms with Gasteiger partial charge in [-0.15, -0.1) is 0 Å². The smallest absolute Gasteiger partial charge is 0.0693 e. The predicted molar refractivity (Wildman–Crippen MR) is 61.7 cm³/mol. The van der Waals surface area contributed by atoms with E-state index in [1.807, 2.05) is 0 Å². The zero-order chi connectivity index (χ0) is 11.3. The molecule has 0 unspecified atom stereocenters. The highest BCUT2D eigenvalue weighted by atomic mass is 16.3. The summed E-state index contributed by atoms with van der Waals surface area (Å²) < 4.78 is 0. The summed E-state index contributed by atoms with van der Waals surface area (Å²) in [4.78, 5) is 0. The van der Waals surface area contributed by atoms with Crippen LogP contribution in [0.1, 0.15) is 46.0 Å². The lowest BCUT2D eigenvalue weighted by Gasteiger charge is -2.28. The lowest BCUT2D eigenvalue weighted by atomic mass is 9.87. The van der Waals surface area contributed by atoms with Crippen LogP contribution in [0.3, 0.4) is 0 Å². The molecule has 3 N–H and O–H groups in total. The van der Waals surface area contributed by atoms with E-state index in [1.165, 1.54) is 0 Å². The van der Waals surface area contributed by atoms with Gasteiger partial charge in [-0.3, -0.25) is 0 Å². The van der Waals surface area contributed by atoms with Crippen LogP contribution in [0.2, 0.25) is 0 Å². The van der Waals surface area contributed by atoms with Crippen molar-refractivity contribution in [2.45, 2.75) is 58.1 Å². The fourth-order valence-corrected chi connectivity index (χ4v) is 2.23. The second-order valence-corrected chi connectivity index (χ2v) is 5.48. The minimum atomic E-state index is -0.154. The molecule has 0 spiro atoms. The van der Waals surface area contributed by atoms with Crippen molar-refractivity contribution in [3.8, 4) is 0 Å². The van der Waals surface area contributed by atoms with Crippen molar-refractivity contribution in [1.29, 1.82) is 0 Å². The zero-order valence-corrected chi connectivity index (χ0v) is 10.00. The topological polar surface area (TPSA) is 52.5 Å². The van der Waals surface area contributed by atoms with Crippen molar-refractivity contribution < 1.29 is 10.2 Å². The lowest BCUT2D eigenvalue weighted by Crippen LogP contribution is -2.41. The Bertz CT molecular complexity index is 182. The number of hydrogen-bond acceptors (Lipinski definition) is 3. The van der Waals surface area contributed by atoms with Crippen molar-refractivity contribution in [2.75, 3.05) is 13.2 Å². The molecule has 0 amide bonds. The largest absolute Gasteiger partial charge is 0.396 e. The summed E-state index contributed by atoms with van der Waals surface area (Å²) in [5.41, 5.74) is 0.213. The first kappa shape index (κ1) is 12.9. The van der Waals surface area contributed by atoms with Crippen molar-refractivity contribution >= 4 is 0 Å². The molecule has 90 valence electrons.